The Kier molecular flexibility index (Phi) is 6.93. The van der Waals surface area contributed by atoms with E-state index in [1.54, 1.807) is 48.8 Å². The van der Waals surface area contributed by atoms with E-state index < -0.39 is 23.5 Å². The number of amides is 1. The van der Waals surface area contributed by atoms with Gasteiger partial charge >= 0.3 is 0 Å². The monoisotopic (exact) mass is 488 g/mol. The molecule has 7 heteroatoms. The Bertz CT molecular complexity index is 1330. The van der Waals surface area contributed by atoms with Crippen LogP contribution in [0.4, 0.5) is 4.39 Å². The molecule has 1 saturated heterocycles. The summed E-state index contributed by atoms with van der Waals surface area (Å²) < 4.78 is 20.8. The highest BCUT2D eigenvalue weighted by molar-refractivity contribution is 6.46. The molecule has 2 aromatic carbocycles. The van der Waals surface area contributed by atoms with Crippen LogP contribution < -0.4 is 4.74 Å². The number of aromatic nitrogens is 1. The Morgan fingerprint density at radius 3 is 2.50 bits per heavy atom. The highest BCUT2D eigenvalue weighted by Gasteiger charge is 2.47. The molecule has 4 rings (SSSR count). The molecule has 3 aromatic rings. The van der Waals surface area contributed by atoms with Gasteiger partial charge in [0, 0.05) is 35.6 Å². The molecule has 1 unspecified atom stereocenters. The van der Waals surface area contributed by atoms with Gasteiger partial charge in [-0.3, -0.25) is 14.6 Å². The van der Waals surface area contributed by atoms with Crippen molar-refractivity contribution < 1.29 is 23.8 Å². The number of nitrogens with zero attached hydrogens (tertiary/aromatic N) is 2. The van der Waals surface area contributed by atoms with Crippen LogP contribution in [-0.4, -0.2) is 33.3 Å². The number of carbonyl (C=O) groups excluding carboxylic acids is 2. The first kappa shape index (κ1) is 25.1. The molecule has 0 radical (unpaired) electrons. The lowest BCUT2D eigenvalue weighted by Crippen LogP contribution is -2.29. The number of Topliss-reactive ketones (excluding diaryl/α,β-unsaturated/α-hetero) is 1. The average Bonchev–Trinajstić information content (AvgIpc) is 3.09. The Morgan fingerprint density at radius 2 is 1.86 bits per heavy atom. The quantitative estimate of drug-likeness (QED) is 0.280. The van der Waals surface area contributed by atoms with Crippen molar-refractivity contribution in [3.05, 3.63) is 101 Å². The number of ketones is 1. The van der Waals surface area contributed by atoms with Crippen molar-refractivity contribution in [3.63, 3.8) is 0 Å². The van der Waals surface area contributed by atoms with Gasteiger partial charge in [0.25, 0.3) is 11.7 Å². The van der Waals surface area contributed by atoms with Crippen LogP contribution in [0.3, 0.4) is 0 Å². The van der Waals surface area contributed by atoms with Crippen LogP contribution in [0.15, 0.2) is 72.6 Å². The molecule has 0 aliphatic carbocycles. The minimum absolute atomic E-state index is 0.0325. The molecule has 0 bridgehead atoms. The zero-order valence-corrected chi connectivity index (χ0v) is 20.8. The third-order valence-corrected chi connectivity index (χ3v) is 6.18. The number of hydrogen-bond acceptors (Lipinski definition) is 5. The van der Waals surface area contributed by atoms with Crippen LogP contribution in [0, 0.1) is 5.82 Å². The number of pyridine rings is 1. The van der Waals surface area contributed by atoms with Crippen LogP contribution in [-0.2, 0) is 21.5 Å². The summed E-state index contributed by atoms with van der Waals surface area (Å²) in [6.45, 7) is 8.44. The van der Waals surface area contributed by atoms with E-state index in [-0.39, 0.29) is 28.9 Å². The fourth-order valence-corrected chi connectivity index (χ4v) is 4.45. The molecule has 0 spiro atoms. The summed E-state index contributed by atoms with van der Waals surface area (Å²) in [6, 6.07) is 13.5. The van der Waals surface area contributed by atoms with Gasteiger partial charge < -0.3 is 14.7 Å². The molecule has 36 heavy (non-hydrogen) atoms. The van der Waals surface area contributed by atoms with E-state index in [9.17, 15) is 14.7 Å². The minimum Gasteiger partial charge on any atom is -0.507 e. The maximum atomic E-state index is 15.0. The lowest BCUT2D eigenvalue weighted by atomic mass is 9.84. The number of aliphatic hydroxyl groups excluding tert-OH is 1. The first-order valence-corrected chi connectivity index (χ1v) is 11.8. The summed E-state index contributed by atoms with van der Waals surface area (Å²) in [5.41, 5.74) is 1.52. The van der Waals surface area contributed by atoms with Gasteiger partial charge in [0.2, 0.25) is 0 Å². The Balaban J connectivity index is 1.90. The fraction of sp³-hybridized carbons (Fsp3) is 0.276. The van der Waals surface area contributed by atoms with E-state index in [0.29, 0.717) is 23.5 Å². The SMILES string of the molecule is CCOc1ccc(/C(O)=C2\C(=O)C(=O)N(Cc3cccnc3)C2c2ccccc2F)cc1C(C)(C)C. The van der Waals surface area contributed by atoms with Crippen LogP contribution in [0.2, 0.25) is 0 Å². The smallest absolute Gasteiger partial charge is 0.295 e. The van der Waals surface area contributed by atoms with Crippen LogP contribution in [0.5, 0.6) is 5.75 Å². The highest BCUT2D eigenvalue weighted by atomic mass is 19.1. The largest absolute Gasteiger partial charge is 0.507 e. The predicted molar refractivity (Wildman–Crippen MR) is 135 cm³/mol. The van der Waals surface area contributed by atoms with Crippen LogP contribution in [0.25, 0.3) is 5.76 Å². The summed E-state index contributed by atoms with van der Waals surface area (Å²) in [4.78, 5) is 31.8. The predicted octanol–water partition coefficient (Wildman–Crippen LogP) is 5.54. The number of ether oxygens (including phenoxy) is 1. The normalized spacial score (nSPS) is 17.5. The first-order chi connectivity index (χ1) is 17.1. The number of aliphatic hydroxyl groups is 1. The number of halogens is 1. The average molecular weight is 489 g/mol. The van der Waals surface area contributed by atoms with E-state index in [4.69, 9.17) is 4.74 Å². The molecule has 1 amide bonds. The Hall–Kier alpha value is -4.00. The van der Waals surface area contributed by atoms with Gasteiger partial charge in [-0.2, -0.15) is 0 Å². The lowest BCUT2D eigenvalue weighted by molar-refractivity contribution is -0.140. The maximum Gasteiger partial charge on any atom is 0.295 e. The Morgan fingerprint density at radius 1 is 1.11 bits per heavy atom. The molecule has 1 fully saturated rings. The van der Waals surface area contributed by atoms with Gasteiger partial charge in [0.15, 0.2) is 0 Å². The number of carbonyl (C=O) groups is 2. The van der Waals surface area contributed by atoms with Crippen molar-refractivity contribution in [2.45, 2.75) is 45.7 Å². The fourth-order valence-electron chi connectivity index (χ4n) is 4.45. The van der Waals surface area contributed by atoms with Crippen LogP contribution >= 0.6 is 0 Å². The van der Waals surface area contributed by atoms with Crippen molar-refractivity contribution in [1.29, 1.82) is 0 Å². The number of hydrogen-bond donors (Lipinski definition) is 1. The van der Waals surface area contributed by atoms with E-state index in [2.05, 4.69) is 4.98 Å². The second-order valence-corrected chi connectivity index (χ2v) is 9.70. The molecule has 1 aromatic heterocycles. The Labute approximate surface area is 210 Å². The molecule has 1 N–H and O–H groups in total. The summed E-state index contributed by atoms with van der Waals surface area (Å²) in [5.74, 6) is -1.94. The molecule has 1 atom stereocenters. The van der Waals surface area contributed by atoms with Gasteiger partial charge in [-0.1, -0.05) is 45.0 Å². The molecule has 0 saturated carbocycles. The van der Waals surface area contributed by atoms with Gasteiger partial charge in [-0.15, -0.1) is 0 Å². The first-order valence-electron chi connectivity index (χ1n) is 11.8. The van der Waals surface area contributed by atoms with Crippen molar-refractivity contribution >= 4 is 17.4 Å². The third-order valence-electron chi connectivity index (χ3n) is 6.18. The molecular formula is C29H29FN2O4. The number of benzene rings is 2. The van der Waals surface area contributed by atoms with Crippen molar-refractivity contribution in [2.75, 3.05) is 6.61 Å². The topological polar surface area (TPSA) is 79.7 Å². The molecular weight excluding hydrogens is 459 g/mol. The van der Waals surface area contributed by atoms with E-state index in [1.165, 1.54) is 23.1 Å². The summed E-state index contributed by atoms with van der Waals surface area (Å²) in [5, 5.41) is 11.4. The minimum atomic E-state index is -1.10. The van der Waals surface area contributed by atoms with Gasteiger partial charge in [-0.05, 0) is 48.2 Å². The zero-order chi connectivity index (χ0) is 26.0. The maximum absolute atomic E-state index is 15.0. The molecule has 6 nitrogen and oxygen atoms in total. The second kappa shape index (κ2) is 9.93. The van der Waals surface area contributed by atoms with Gasteiger partial charge in [0.05, 0.1) is 18.2 Å². The highest BCUT2D eigenvalue weighted by Crippen LogP contribution is 2.42. The summed E-state index contributed by atoms with van der Waals surface area (Å²) in [7, 11) is 0. The van der Waals surface area contributed by atoms with E-state index in [0.717, 1.165) is 5.56 Å². The third kappa shape index (κ3) is 4.73. The lowest BCUT2D eigenvalue weighted by Gasteiger charge is -2.26. The van der Waals surface area contributed by atoms with Crippen molar-refractivity contribution in [1.82, 2.24) is 9.88 Å². The molecule has 186 valence electrons. The van der Waals surface area contributed by atoms with Crippen molar-refractivity contribution in [3.8, 4) is 5.75 Å². The second-order valence-electron chi connectivity index (χ2n) is 9.70. The number of likely N-dealkylation sites (tertiary alicyclic amines) is 1. The standard InChI is InChI=1S/C29H29FN2O4/c1-5-36-23-13-12-19(15-21(23)29(2,3)4)26(33)24-25(20-10-6-7-11-22(20)30)32(28(35)27(24)34)17-18-9-8-14-31-16-18/h6-16,25,33H,5,17H2,1-4H3/b26-24+. The zero-order valence-electron chi connectivity index (χ0n) is 20.8. The van der Waals surface area contributed by atoms with E-state index in [1.807, 2.05) is 27.7 Å². The molecule has 1 aliphatic rings. The van der Waals surface area contributed by atoms with Gasteiger partial charge in [-0.25, -0.2) is 4.39 Å². The summed E-state index contributed by atoms with van der Waals surface area (Å²) >= 11 is 0. The van der Waals surface area contributed by atoms with Gasteiger partial charge in [0.1, 0.15) is 17.3 Å². The van der Waals surface area contributed by atoms with E-state index >= 15 is 4.39 Å². The van der Waals surface area contributed by atoms with Crippen molar-refractivity contribution in [2.24, 2.45) is 0 Å². The number of rotatable bonds is 6. The molecule has 2 heterocycles. The van der Waals surface area contributed by atoms with Crippen LogP contribution in [0.1, 0.15) is 56.0 Å². The molecule has 1 aliphatic heterocycles. The summed E-state index contributed by atoms with van der Waals surface area (Å²) in [6.07, 6.45) is 3.19.